The lowest BCUT2D eigenvalue weighted by Gasteiger charge is -2.24. The number of aromatic nitrogens is 2. The second-order valence-electron chi connectivity index (χ2n) is 6.52. The van der Waals surface area contributed by atoms with Gasteiger partial charge in [0.1, 0.15) is 12.1 Å². The number of H-pyrrole nitrogens is 1. The molecule has 0 bridgehead atoms. The number of hydrogen-bond acceptors (Lipinski definition) is 6. The van der Waals surface area contributed by atoms with Crippen molar-refractivity contribution < 1.29 is 24.3 Å². The van der Waals surface area contributed by atoms with Gasteiger partial charge in [0.05, 0.1) is 12.4 Å². The van der Waals surface area contributed by atoms with E-state index in [0.717, 1.165) is 0 Å². The Hall–Kier alpha value is -2.95. The van der Waals surface area contributed by atoms with Crippen LogP contribution in [0.15, 0.2) is 12.5 Å². The van der Waals surface area contributed by atoms with Crippen molar-refractivity contribution in [3.05, 3.63) is 18.2 Å². The van der Waals surface area contributed by atoms with Gasteiger partial charge in [-0.3, -0.25) is 14.4 Å². The van der Waals surface area contributed by atoms with Gasteiger partial charge in [0.2, 0.25) is 17.7 Å². The average Bonchev–Trinajstić information content (AvgIpc) is 3.08. The van der Waals surface area contributed by atoms with E-state index in [-0.39, 0.29) is 25.2 Å². The Labute approximate surface area is 156 Å². The number of carboxylic acids is 1. The fraction of sp³-hybridized carbons (Fsp3) is 0.562. The first-order valence-electron chi connectivity index (χ1n) is 8.46. The van der Waals surface area contributed by atoms with E-state index in [4.69, 9.17) is 11.5 Å². The van der Waals surface area contributed by atoms with Crippen LogP contribution in [-0.4, -0.2) is 56.9 Å². The molecular formula is C16H26N6O5. The molecule has 0 saturated heterocycles. The third-order valence-corrected chi connectivity index (χ3v) is 3.88. The number of hydrogen-bond donors (Lipinski definition) is 6. The molecule has 1 aromatic rings. The van der Waals surface area contributed by atoms with E-state index in [1.54, 1.807) is 13.8 Å². The molecule has 0 aromatic carbocycles. The van der Waals surface area contributed by atoms with Crippen molar-refractivity contribution >= 4 is 23.7 Å². The number of rotatable bonds is 11. The van der Waals surface area contributed by atoms with Crippen LogP contribution in [0.5, 0.6) is 0 Å². The van der Waals surface area contributed by atoms with Crippen molar-refractivity contribution in [1.82, 2.24) is 20.6 Å². The van der Waals surface area contributed by atoms with Gasteiger partial charge in [0.25, 0.3) is 0 Å². The van der Waals surface area contributed by atoms with Gasteiger partial charge in [-0.1, -0.05) is 13.8 Å². The van der Waals surface area contributed by atoms with E-state index in [1.165, 1.54) is 12.5 Å². The summed E-state index contributed by atoms with van der Waals surface area (Å²) in [7, 11) is 0. The molecule has 0 radical (unpaired) electrons. The highest BCUT2D eigenvalue weighted by Gasteiger charge is 2.30. The second-order valence-corrected chi connectivity index (χ2v) is 6.52. The molecule has 1 heterocycles. The fourth-order valence-electron chi connectivity index (χ4n) is 2.30. The molecule has 0 aliphatic heterocycles. The molecule has 3 amide bonds. The first-order chi connectivity index (χ1) is 12.6. The molecule has 150 valence electrons. The van der Waals surface area contributed by atoms with Gasteiger partial charge in [0, 0.05) is 24.7 Å². The zero-order chi connectivity index (χ0) is 20.6. The molecule has 1 aromatic heterocycles. The van der Waals surface area contributed by atoms with E-state index in [0.29, 0.717) is 5.69 Å². The monoisotopic (exact) mass is 382 g/mol. The minimum Gasteiger partial charge on any atom is -0.480 e. The number of carbonyl (C=O) groups excluding carboxylic acids is 3. The molecule has 0 spiro atoms. The lowest BCUT2D eigenvalue weighted by atomic mass is 10.0. The maximum Gasteiger partial charge on any atom is 0.326 e. The standard InChI is InChI=1S/C16H26N6O5/c1-8(2)13(16(26)27)22-15(25)11(5-9-6-19-7-20-9)21-14(24)10(17)3-4-12(18)23/h6-8,10-11,13H,3-5,17H2,1-2H3,(H2,18,23)(H,19,20)(H,21,24)(H,22,25)(H,26,27)/t10-,11-,13-/m0/s1. The van der Waals surface area contributed by atoms with Gasteiger partial charge in [-0.2, -0.15) is 0 Å². The highest BCUT2D eigenvalue weighted by molar-refractivity contribution is 5.92. The number of carboxylic acid groups (broad SMARTS) is 1. The summed E-state index contributed by atoms with van der Waals surface area (Å²) in [5.74, 6) is -3.43. The quantitative estimate of drug-likeness (QED) is 0.261. The zero-order valence-electron chi connectivity index (χ0n) is 15.3. The Bertz CT molecular complexity index is 660. The maximum atomic E-state index is 12.6. The number of aliphatic carboxylic acids is 1. The largest absolute Gasteiger partial charge is 0.480 e. The molecule has 27 heavy (non-hydrogen) atoms. The number of primary amides is 1. The minimum absolute atomic E-state index is 0.0311. The van der Waals surface area contributed by atoms with Crippen LogP contribution in [0.2, 0.25) is 0 Å². The number of nitrogens with two attached hydrogens (primary N) is 2. The van der Waals surface area contributed by atoms with E-state index in [2.05, 4.69) is 20.6 Å². The predicted octanol–water partition coefficient (Wildman–Crippen LogP) is -1.74. The molecule has 8 N–H and O–H groups in total. The maximum absolute atomic E-state index is 12.6. The third-order valence-electron chi connectivity index (χ3n) is 3.88. The molecule has 3 atom stereocenters. The molecule has 11 nitrogen and oxygen atoms in total. The van der Waals surface area contributed by atoms with Crippen LogP contribution in [0, 0.1) is 5.92 Å². The molecule has 11 heteroatoms. The van der Waals surface area contributed by atoms with Gasteiger partial charge in [-0.25, -0.2) is 9.78 Å². The van der Waals surface area contributed by atoms with Crippen LogP contribution in [0.1, 0.15) is 32.4 Å². The van der Waals surface area contributed by atoms with E-state index in [1.807, 2.05) is 0 Å². The van der Waals surface area contributed by atoms with Crippen LogP contribution in [-0.2, 0) is 25.6 Å². The molecule has 1 rings (SSSR count). The normalized spacial score (nSPS) is 14.2. The number of imidazole rings is 1. The highest BCUT2D eigenvalue weighted by atomic mass is 16.4. The van der Waals surface area contributed by atoms with E-state index >= 15 is 0 Å². The molecule has 0 unspecified atom stereocenters. The van der Waals surface area contributed by atoms with Crippen LogP contribution in [0.4, 0.5) is 0 Å². The summed E-state index contributed by atoms with van der Waals surface area (Å²) >= 11 is 0. The van der Waals surface area contributed by atoms with Gasteiger partial charge in [0.15, 0.2) is 0 Å². The van der Waals surface area contributed by atoms with Crippen molar-refractivity contribution in [2.24, 2.45) is 17.4 Å². The van der Waals surface area contributed by atoms with Gasteiger partial charge >= 0.3 is 5.97 Å². The van der Waals surface area contributed by atoms with Crippen molar-refractivity contribution in [2.75, 3.05) is 0 Å². The van der Waals surface area contributed by atoms with Crippen LogP contribution in [0.3, 0.4) is 0 Å². The average molecular weight is 382 g/mol. The summed E-state index contributed by atoms with van der Waals surface area (Å²) in [5, 5.41) is 14.2. The SMILES string of the molecule is CC(C)[C@H](NC(=O)[C@H](Cc1cnc[nH]1)NC(=O)[C@@H](N)CCC(N)=O)C(=O)O. The number of amides is 3. The lowest BCUT2D eigenvalue weighted by molar-refractivity contribution is -0.143. The third kappa shape index (κ3) is 7.44. The zero-order valence-corrected chi connectivity index (χ0v) is 15.3. The summed E-state index contributed by atoms with van der Waals surface area (Å²) < 4.78 is 0. The Morgan fingerprint density at radius 1 is 1.22 bits per heavy atom. The summed E-state index contributed by atoms with van der Waals surface area (Å²) in [5.41, 5.74) is 11.3. The summed E-state index contributed by atoms with van der Waals surface area (Å²) in [6.07, 6.45) is 2.92. The van der Waals surface area contributed by atoms with Gasteiger partial charge in [-0.05, 0) is 12.3 Å². The highest BCUT2D eigenvalue weighted by Crippen LogP contribution is 2.05. The Morgan fingerprint density at radius 3 is 2.37 bits per heavy atom. The number of carbonyl (C=O) groups is 4. The summed E-state index contributed by atoms with van der Waals surface area (Å²) in [6.45, 7) is 3.31. The van der Waals surface area contributed by atoms with Crippen LogP contribution in [0.25, 0.3) is 0 Å². The minimum atomic E-state index is -1.18. The first kappa shape index (κ1) is 22.1. The molecule has 0 aliphatic carbocycles. The van der Waals surface area contributed by atoms with Crippen molar-refractivity contribution in [3.8, 4) is 0 Å². The van der Waals surface area contributed by atoms with Crippen molar-refractivity contribution in [1.29, 1.82) is 0 Å². The van der Waals surface area contributed by atoms with Crippen LogP contribution < -0.4 is 22.1 Å². The van der Waals surface area contributed by atoms with Crippen molar-refractivity contribution in [2.45, 2.75) is 51.2 Å². The van der Waals surface area contributed by atoms with Crippen molar-refractivity contribution in [3.63, 3.8) is 0 Å². The summed E-state index contributed by atoms with van der Waals surface area (Å²) in [4.78, 5) is 53.6. The molecular weight excluding hydrogens is 356 g/mol. The fourth-order valence-corrected chi connectivity index (χ4v) is 2.30. The smallest absolute Gasteiger partial charge is 0.326 e. The predicted molar refractivity (Wildman–Crippen MR) is 95.0 cm³/mol. The molecule has 0 saturated carbocycles. The van der Waals surface area contributed by atoms with Crippen LogP contribution >= 0.6 is 0 Å². The van der Waals surface area contributed by atoms with Gasteiger partial charge in [-0.15, -0.1) is 0 Å². The Kier molecular flexibility index (Phi) is 8.39. The van der Waals surface area contributed by atoms with E-state index < -0.39 is 41.8 Å². The first-order valence-corrected chi connectivity index (χ1v) is 8.46. The number of nitrogens with one attached hydrogen (secondary N) is 3. The van der Waals surface area contributed by atoms with Gasteiger partial charge < -0.3 is 32.2 Å². The second kappa shape index (κ2) is 10.3. The molecule has 0 fully saturated rings. The Morgan fingerprint density at radius 2 is 1.89 bits per heavy atom. The number of aromatic amines is 1. The summed E-state index contributed by atoms with van der Waals surface area (Å²) in [6, 6.07) is -3.21. The van der Waals surface area contributed by atoms with E-state index in [9.17, 15) is 24.3 Å². The topological polar surface area (TPSA) is 193 Å². The lowest BCUT2D eigenvalue weighted by Crippen LogP contribution is -2.56. The molecule has 0 aliphatic rings. The number of nitrogens with zero attached hydrogens (tertiary/aromatic N) is 1. The Balaban J connectivity index is 2.85.